The number of nitro benzene ring substituents is 1. The molecule has 3 aromatic rings. The van der Waals surface area contributed by atoms with Crippen molar-refractivity contribution in [1.82, 2.24) is 15.2 Å². The number of anilines is 1. The second-order valence-electron chi connectivity index (χ2n) is 4.68. The standard InChI is InChI=1S/C14H13N5O2/c1-9-10(7-17-18-9)6-16-13-2-3-14(19(20)21)12-8-15-5-4-11(12)13/h2-5,7-8,16H,6H2,1H3,(H,17,18). The van der Waals surface area contributed by atoms with E-state index < -0.39 is 4.92 Å². The quantitative estimate of drug-likeness (QED) is 0.567. The van der Waals surface area contributed by atoms with Crippen LogP contribution in [0.2, 0.25) is 0 Å². The van der Waals surface area contributed by atoms with Crippen LogP contribution in [0, 0.1) is 17.0 Å². The lowest BCUT2D eigenvalue weighted by molar-refractivity contribution is -0.383. The molecule has 2 aromatic heterocycles. The van der Waals surface area contributed by atoms with Crippen molar-refractivity contribution in [1.29, 1.82) is 0 Å². The van der Waals surface area contributed by atoms with E-state index in [4.69, 9.17) is 0 Å². The first-order valence-electron chi connectivity index (χ1n) is 6.40. The summed E-state index contributed by atoms with van der Waals surface area (Å²) in [5, 5.41) is 22.5. The molecule has 0 bridgehead atoms. The van der Waals surface area contributed by atoms with Crippen LogP contribution in [0.3, 0.4) is 0 Å². The Morgan fingerprint density at radius 3 is 2.86 bits per heavy atom. The molecule has 7 heteroatoms. The van der Waals surface area contributed by atoms with Crippen LogP contribution >= 0.6 is 0 Å². The third kappa shape index (κ3) is 2.40. The molecule has 0 unspecified atom stereocenters. The number of nitrogens with zero attached hydrogens (tertiary/aromatic N) is 3. The SMILES string of the molecule is Cc1[nH]ncc1CNc1ccc([N+](=O)[O-])c2cnccc12. The molecule has 0 spiro atoms. The molecule has 106 valence electrons. The fourth-order valence-corrected chi connectivity index (χ4v) is 2.23. The predicted octanol–water partition coefficient (Wildman–Crippen LogP) is 2.79. The van der Waals surface area contributed by atoms with E-state index in [-0.39, 0.29) is 5.69 Å². The summed E-state index contributed by atoms with van der Waals surface area (Å²) in [6, 6.07) is 4.98. The summed E-state index contributed by atoms with van der Waals surface area (Å²) in [4.78, 5) is 14.6. The highest BCUT2D eigenvalue weighted by Gasteiger charge is 2.14. The van der Waals surface area contributed by atoms with Gasteiger partial charge in [-0.15, -0.1) is 0 Å². The minimum absolute atomic E-state index is 0.0585. The van der Waals surface area contributed by atoms with Gasteiger partial charge in [0.15, 0.2) is 0 Å². The van der Waals surface area contributed by atoms with Crippen LogP contribution in [0.25, 0.3) is 10.8 Å². The Kier molecular flexibility index (Phi) is 3.23. The predicted molar refractivity (Wildman–Crippen MR) is 79.0 cm³/mol. The highest BCUT2D eigenvalue weighted by molar-refractivity contribution is 5.99. The van der Waals surface area contributed by atoms with Crippen molar-refractivity contribution in [2.24, 2.45) is 0 Å². The molecular formula is C14H13N5O2. The number of hydrogen-bond acceptors (Lipinski definition) is 5. The van der Waals surface area contributed by atoms with Crippen molar-refractivity contribution in [3.8, 4) is 0 Å². The van der Waals surface area contributed by atoms with Crippen LogP contribution < -0.4 is 5.32 Å². The zero-order valence-corrected chi connectivity index (χ0v) is 11.3. The van der Waals surface area contributed by atoms with Gasteiger partial charge in [-0.2, -0.15) is 5.10 Å². The third-order valence-electron chi connectivity index (χ3n) is 3.40. The lowest BCUT2D eigenvalue weighted by atomic mass is 10.1. The molecule has 2 heterocycles. The maximum absolute atomic E-state index is 11.1. The molecule has 1 aromatic carbocycles. The van der Waals surface area contributed by atoms with Gasteiger partial charge in [-0.1, -0.05) is 0 Å². The zero-order valence-electron chi connectivity index (χ0n) is 11.3. The van der Waals surface area contributed by atoms with Crippen molar-refractivity contribution in [3.63, 3.8) is 0 Å². The van der Waals surface area contributed by atoms with Gasteiger partial charge in [-0.3, -0.25) is 20.2 Å². The average molecular weight is 283 g/mol. The number of pyridine rings is 1. The van der Waals surface area contributed by atoms with Crippen LogP contribution in [-0.2, 0) is 6.54 Å². The summed E-state index contributed by atoms with van der Waals surface area (Å²) in [6.45, 7) is 2.54. The van der Waals surface area contributed by atoms with E-state index in [1.165, 1.54) is 12.3 Å². The monoisotopic (exact) mass is 283 g/mol. The second kappa shape index (κ2) is 5.20. The lowest BCUT2D eigenvalue weighted by Crippen LogP contribution is -2.01. The first kappa shape index (κ1) is 13.0. The van der Waals surface area contributed by atoms with Crippen molar-refractivity contribution in [3.05, 3.63) is 58.2 Å². The fourth-order valence-electron chi connectivity index (χ4n) is 2.23. The number of H-pyrrole nitrogens is 1. The lowest BCUT2D eigenvalue weighted by Gasteiger charge is -2.09. The third-order valence-corrected chi connectivity index (χ3v) is 3.40. The number of rotatable bonds is 4. The summed E-state index contributed by atoms with van der Waals surface area (Å²) >= 11 is 0. The first-order valence-corrected chi connectivity index (χ1v) is 6.40. The van der Waals surface area contributed by atoms with Crippen molar-refractivity contribution >= 4 is 22.1 Å². The van der Waals surface area contributed by atoms with Gasteiger partial charge in [0.05, 0.1) is 16.5 Å². The van der Waals surface area contributed by atoms with Gasteiger partial charge in [0, 0.05) is 47.3 Å². The summed E-state index contributed by atoms with van der Waals surface area (Å²) < 4.78 is 0. The number of aryl methyl sites for hydroxylation is 1. The first-order chi connectivity index (χ1) is 10.2. The van der Waals surface area contributed by atoms with Gasteiger partial charge in [0.1, 0.15) is 0 Å². The molecule has 0 saturated carbocycles. The Hall–Kier alpha value is -2.96. The number of aromatic nitrogens is 3. The normalized spacial score (nSPS) is 10.7. The number of non-ortho nitro benzene ring substituents is 1. The Labute approximate surface area is 120 Å². The van der Waals surface area contributed by atoms with Crippen molar-refractivity contribution in [2.45, 2.75) is 13.5 Å². The van der Waals surface area contributed by atoms with E-state index in [0.717, 1.165) is 22.3 Å². The molecule has 0 amide bonds. The number of aromatic amines is 1. The van der Waals surface area contributed by atoms with Crippen LogP contribution in [0.1, 0.15) is 11.3 Å². The van der Waals surface area contributed by atoms with Crippen LogP contribution in [0.5, 0.6) is 0 Å². The fraction of sp³-hybridized carbons (Fsp3) is 0.143. The van der Waals surface area contributed by atoms with E-state index in [1.807, 2.05) is 6.92 Å². The minimum Gasteiger partial charge on any atom is -0.380 e. The van der Waals surface area contributed by atoms with Gasteiger partial charge in [0.2, 0.25) is 0 Å². The van der Waals surface area contributed by atoms with Crippen LogP contribution in [-0.4, -0.2) is 20.1 Å². The maximum atomic E-state index is 11.1. The molecule has 2 N–H and O–H groups in total. The molecule has 0 radical (unpaired) electrons. The second-order valence-corrected chi connectivity index (χ2v) is 4.68. The molecule has 0 fully saturated rings. The Morgan fingerprint density at radius 1 is 1.29 bits per heavy atom. The van der Waals surface area contributed by atoms with Gasteiger partial charge in [-0.25, -0.2) is 0 Å². The summed E-state index contributed by atoms with van der Waals surface area (Å²) in [5.74, 6) is 0. The molecule has 0 atom stereocenters. The number of nitro groups is 1. The number of nitrogens with one attached hydrogen (secondary N) is 2. The van der Waals surface area contributed by atoms with E-state index in [1.54, 1.807) is 24.5 Å². The molecule has 3 rings (SSSR count). The molecule has 0 aliphatic rings. The van der Waals surface area contributed by atoms with Crippen LogP contribution in [0.4, 0.5) is 11.4 Å². The van der Waals surface area contributed by atoms with E-state index >= 15 is 0 Å². The van der Waals surface area contributed by atoms with Gasteiger partial charge >= 0.3 is 0 Å². The van der Waals surface area contributed by atoms with Gasteiger partial charge < -0.3 is 5.32 Å². The number of benzene rings is 1. The van der Waals surface area contributed by atoms with E-state index in [2.05, 4.69) is 20.5 Å². The molecule has 0 saturated heterocycles. The molecule has 0 aliphatic heterocycles. The van der Waals surface area contributed by atoms with E-state index in [0.29, 0.717) is 11.9 Å². The average Bonchev–Trinajstić information content (AvgIpc) is 2.89. The highest BCUT2D eigenvalue weighted by Crippen LogP contribution is 2.30. The number of fused-ring (bicyclic) bond motifs is 1. The smallest absolute Gasteiger partial charge is 0.278 e. The molecule has 0 aliphatic carbocycles. The summed E-state index contributed by atoms with van der Waals surface area (Å²) in [5.41, 5.74) is 2.94. The Balaban J connectivity index is 1.98. The molecule has 7 nitrogen and oxygen atoms in total. The molecular weight excluding hydrogens is 270 g/mol. The largest absolute Gasteiger partial charge is 0.380 e. The van der Waals surface area contributed by atoms with Crippen LogP contribution in [0.15, 0.2) is 36.8 Å². The minimum atomic E-state index is -0.395. The number of hydrogen-bond donors (Lipinski definition) is 2. The van der Waals surface area contributed by atoms with Crippen molar-refractivity contribution in [2.75, 3.05) is 5.32 Å². The Morgan fingerprint density at radius 2 is 2.14 bits per heavy atom. The topological polar surface area (TPSA) is 96.7 Å². The molecule has 21 heavy (non-hydrogen) atoms. The van der Waals surface area contributed by atoms with Gasteiger partial charge in [-0.05, 0) is 19.1 Å². The Bertz CT molecular complexity index is 812. The highest BCUT2D eigenvalue weighted by atomic mass is 16.6. The zero-order chi connectivity index (χ0) is 14.8. The summed E-state index contributed by atoms with van der Waals surface area (Å²) in [6.07, 6.45) is 4.90. The van der Waals surface area contributed by atoms with E-state index in [9.17, 15) is 10.1 Å². The maximum Gasteiger partial charge on any atom is 0.278 e. The summed E-state index contributed by atoms with van der Waals surface area (Å²) in [7, 11) is 0. The van der Waals surface area contributed by atoms with Gasteiger partial charge in [0.25, 0.3) is 5.69 Å². The van der Waals surface area contributed by atoms with Crippen molar-refractivity contribution < 1.29 is 4.92 Å².